The summed E-state index contributed by atoms with van der Waals surface area (Å²) in [6.07, 6.45) is 3.00. The molecule has 32 heavy (non-hydrogen) atoms. The second kappa shape index (κ2) is 10.4. The summed E-state index contributed by atoms with van der Waals surface area (Å²) in [5, 5.41) is 0. The lowest BCUT2D eigenvalue weighted by atomic mass is 9.89. The van der Waals surface area contributed by atoms with Gasteiger partial charge < -0.3 is 4.74 Å². The Balaban J connectivity index is 1.80. The highest BCUT2D eigenvalue weighted by molar-refractivity contribution is 5.80. The van der Waals surface area contributed by atoms with Gasteiger partial charge in [-0.05, 0) is 42.5 Å². The first-order chi connectivity index (χ1) is 15.7. The molecule has 0 N–H and O–H groups in total. The fourth-order valence-corrected chi connectivity index (χ4v) is 4.66. The van der Waals surface area contributed by atoms with Crippen molar-refractivity contribution in [3.05, 3.63) is 114 Å². The van der Waals surface area contributed by atoms with Crippen LogP contribution >= 0.6 is 0 Å². The van der Waals surface area contributed by atoms with E-state index in [1.165, 1.54) is 16.7 Å². The van der Waals surface area contributed by atoms with Crippen LogP contribution in [0, 0.1) is 0 Å². The fourth-order valence-electron chi connectivity index (χ4n) is 4.66. The van der Waals surface area contributed by atoms with Crippen LogP contribution < -0.4 is 0 Å². The summed E-state index contributed by atoms with van der Waals surface area (Å²) in [5.74, 6) is 0.0142. The van der Waals surface area contributed by atoms with Gasteiger partial charge in [-0.1, -0.05) is 97.1 Å². The van der Waals surface area contributed by atoms with Gasteiger partial charge in [0.15, 0.2) is 0 Å². The first kappa shape index (κ1) is 22.0. The summed E-state index contributed by atoms with van der Waals surface area (Å²) in [4.78, 5) is 15.6. The summed E-state index contributed by atoms with van der Waals surface area (Å²) in [6.45, 7) is 5.19. The normalized spacial score (nSPS) is 21.4. The van der Waals surface area contributed by atoms with Crippen molar-refractivity contribution in [2.75, 3.05) is 6.61 Å². The van der Waals surface area contributed by atoms with E-state index in [-0.39, 0.29) is 24.0 Å². The van der Waals surface area contributed by atoms with Gasteiger partial charge in [0, 0.05) is 18.5 Å². The van der Waals surface area contributed by atoms with Crippen LogP contribution in [0.4, 0.5) is 0 Å². The molecule has 0 amide bonds. The number of hydrogen-bond acceptors (Lipinski definition) is 3. The Hall–Kier alpha value is -3.17. The topological polar surface area (TPSA) is 29.5 Å². The van der Waals surface area contributed by atoms with Crippen molar-refractivity contribution >= 4 is 11.5 Å². The third kappa shape index (κ3) is 5.00. The van der Waals surface area contributed by atoms with E-state index < -0.39 is 0 Å². The van der Waals surface area contributed by atoms with E-state index in [1.54, 1.807) is 0 Å². The average Bonchev–Trinajstić information content (AvgIpc) is 2.98. The summed E-state index contributed by atoms with van der Waals surface area (Å²) in [6, 6.07) is 31.2. The lowest BCUT2D eigenvalue weighted by Crippen LogP contribution is -2.47. The largest absolute Gasteiger partial charge is 0.465 e. The molecule has 3 aromatic rings. The minimum Gasteiger partial charge on any atom is -0.465 e. The second-order valence-corrected chi connectivity index (χ2v) is 8.36. The number of benzene rings is 3. The molecule has 3 atom stereocenters. The summed E-state index contributed by atoms with van der Waals surface area (Å²) in [5.41, 5.74) is 4.82. The number of ether oxygens (including phenoxy) is 1. The maximum Gasteiger partial charge on any atom is 0.323 e. The Morgan fingerprint density at radius 1 is 0.906 bits per heavy atom. The first-order valence-corrected chi connectivity index (χ1v) is 11.4. The SMILES string of the molecule is CCOC(=O)[C@H]1CC(c2ccccc2)=C[C@@H](c2ccccc2)[C@H](C)N1Cc1ccccc1. The molecule has 1 heterocycles. The zero-order chi connectivity index (χ0) is 22.3. The average molecular weight is 426 g/mol. The van der Waals surface area contributed by atoms with Crippen molar-refractivity contribution in [3.8, 4) is 0 Å². The quantitative estimate of drug-likeness (QED) is 0.448. The predicted molar refractivity (Wildman–Crippen MR) is 130 cm³/mol. The summed E-state index contributed by atoms with van der Waals surface area (Å²) in [7, 11) is 0. The molecule has 1 aliphatic heterocycles. The van der Waals surface area contributed by atoms with E-state index in [1.807, 2.05) is 19.1 Å². The molecule has 0 spiro atoms. The highest BCUT2D eigenvalue weighted by atomic mass is 16.5. The van der Waals surface area contributed by atoms with E-state index in [4.69, 9.17) is 4.74 Å². The molecular formula is C29H31NO2. The molecule has 3 heteroatoms. The lowest BCUT2D eigenvalue weighted by molar-refractivity contribution is -0.150. The Morgan fingerprint density at radius 3 is 2.12 bits per heavy atom. The molecule has 1 aliphatic rings. The second-order valence-electron chi connectivity index (χ2n) is 8.36. The van der Waals surface area contributed by atoms with Gasteiger partial charge in [0.25, 0.3) is 0 Å². The Bertz CT molecular complexity index is 1030. The Labute approximate surface area is 191 Å². The zero-order valence-electron chi connectivity index (χ0n) is 18.9. The predicted octanol–water partition coefficient (Wildman–Crippen LogP) is 6.08. The highest BCUT2D eigenvalue weighted by Crippen LogP contribution is 2.37. The van der Waals surface area contributed by atoms with Crippen molar-refractivity contribution in [1.82, 2.24) is 4.90 Å². The van der Waals surface area contributed by atoms with Gasteiger partial charge in [-0.3, -0.25) is 9.69 Å². The first-order valence-electron chi connectivity index (χ1n) is 11.4. The van der Waals surface area contributed by atoms with Crippen LogP contribution in [0.15, 0.2) is 97.1 Å². The minimum absolute atomic E-state index is 0.119. The smallest absolute Gasteiger partial charge is 0.323 e. The van der Waals surface area contributed by atoms with E-state index in [0.717, 1.165) is 5.56 Å². The monoisotopic (exact) mass is 425 g/mol. The number of nitrogens with zero attached hydrogens (tertiary/aromatic N) is 1. The van der Waals surface area contributed by atoms with Gasteiger partial charge in [-0.2, -0.15) is 0 Å². The molecular weight excluding hydrogens is 394 g/mol. The summed E-state index contributed by atoms with van der Waals surface area (Å²) < 4.78 is 5.57. The molecule has 0 saturated heterocycles. The number of rotatable bonds is 6. The maximum absolute atomic E-state index is 13.2. The van der Waals surface area contributed by atoms with Crippen molar-refractivity contribution < 1.29 is 9.53 Å². The van der Waals surface area contributed by atoms with Crippen LogP contribution in [-0.2, 0) is 16.1 Å². The molecule has 0 saturated carbocycles. The van der Waals surface area contributed by atoms with Gasteiger partial charge in [0.2, 0.25) is 0 Å². The molecule has 0 bridgehead atoms. The molecule has 0 fully saturated rings. The number of esters is 1. The van der Waals surface area contributed by atoms with Crippen molar-refractivity contribution in [3.63, 3.8) is 0 Å². The van der Waals surface area contributed by atoms with Gasteiger partial charge >= 0.3 is 5.97 Å². The van der Waals surface area contributed by atoms with E-state index in [9.17, 15) is 4.79 Å². The molecule has 164 valence electrons. The van der Waals surface area contributed by atoms with E-state index in [0.29, 0.717) is 19.6 Å². The molecule has 4 rings (SSSR count). The lowest BCUT2D eigenvalue weighted by Gasteiger charge is -2.36. The van der Waals surface area contributed by atoms with Gasteiger partial charge in [-0.15, -0.1) is 0 Å². The number of carbonyl (C=O) groups excluding carboxylic acids is 1. The van der Waals surface area contributed by atoms with Crippen LogP contribution in [-0.4, -0.2) is 29.6 Å². The Morgan fingerprint density at radius 2 is 1.50 bits per heavy atom. The third-order valence-electron chi connectivity index (χ3n) is 6.33. The molecule has 0 aromatic heterocycles. The fraction of sp³-hybridized carbons (Fsp3) is 0.276. The van der Waals surface area contributed by atoms with Crippen molar-refractivity contribution in [2.45, 2.75) is 44.8 Å². The number of carbonyl (C=O) groups is 1. The molecule has 0 unspecified atom stereocenters. The van der Waals surface area contributed by atoms with Crippen molar-refractivity contribution in [1.29, 1.82) is 0 Å². The standard InChI is InChI=1S/C29H31NO2/c1-3-32-29(31)28-20-26(24-15-9-5-10-16-24)19-27(25-17-11-6-12-18-25)22(2)30(28)21-23-13-7-4-8-14-23/h4-19,22,27-28H,3,20-21H2,1-2H3/t22-,27+,28+/m0/s1. The molecule has 3 aromatic carbocycles. The third-order valence-corrected chi connectivity index (χ3v) is 6.33. The molecule has 0 aliphatic carbocycles. The van der Waals surface area contributed by atoms with Crippen molar-refractivity contribution in [2.24, 2.45) is 0 Å². The Kier molecular flexibility index (Phi) is 7.18. The van der Waals surface area contributed by atoms with Crippen LogP contribution in [0.3, 0.4) is 0 Å². The van der Waals surface area contributed by atoms with Gasteiger partial charge in [0.05, 0.1) is 6.61 Å². The number of hydrogen-bond donors (Lipinski definition) is 0. The summed E-state index contributed by atoms with van der Waals surface area (Å²) >= 11 is 0. The van der Waals surface area contributed by atoms with Crippen LogP contribution in [0.5, 0.6) is 0 Å². The minimum atomic E-state index is -0.342. The van der Waals surface area contributed by atoms with Crippen LogP contribution in [0.2, 0.25) is 0 Å². The highest BCUT2D eigenvalue weighted by Gasteiger charge is 2.37. The maximum atomic E-state index is 13.2. The molecule has 0 radical (unpaired) electrons. The van der Waals surface area contributed by atoms with E-state index in [2.05, 4.69) is 96.8 Å². The van der Waals surface area contributed by atoms with E-state index >= 15 is 0 Å². The zero-order valence-corrected chi connectivity index (χ0v) is 18.9. The van der Waals surface area contributed by atoms with Crippen LogP contribution in [0.1, 0.15) is 42.9 Å². The van der Waals surface area contributed by atoms with Crippen LogP contribution in [0.25, 0.3) is 5.57 Å². The van der Waals surface area contributed by atoms with Gasteiger partial charge in [0.1, 0.15) is 6.04 Å². The van der Waals surface area contributed by atoms with Gasteiger partial charge in [-0.25, -0.2) is 0 Å². The molecule has 3 nitrogen and oxygen atoms in total.